The van der Waals surface area contributed by atoms with Gasteiger partial charge in [-0.2, -0.15) is 5.10 Å². The maximum atomic E-state index is 5.78. The van der Waals surface area contributed by atoms with E-state index in [1.807, 2.05) is 25.1 Å². The third-order valence-electron chi connectivity index (χ3n) is 2.09. The zero-order chi connectivity index (χ0) is 10.7. The lowest BCUT2D eigenvalue weighted by atomic mass is 10.3. The smallest absolute Gasteiger partial charge is 0.137 e. The topological polar surface area (TPSA) is 37.9 Å². The highest BCUT2D eigenvalue weighted by Crippen LogP contribution is 2.21. The molecule has 0 saturated heterocycles. The summed E-state index contributed by atoms with van der Waals surface area (Å²) in [6.07, 6.45) is 1.66. The van der Waals surface area contributed by atoms with E-state index in [1.54, 1.807) is 18.3 Å². The number of hydrogen-bond acceptors (Lipinski definition) is 2. The van der Waals surface area contributed by atoms with Crippen LogP contribution in [0.15, 0.2) is 36.5 Å². The molecule has 1 aromatic heterocycles. The minimum absolute atomic E-state index is 0.0475. The summed E-state index contributed by atoms with van der Waals surface area (Å²) in [7, 11) is 0. The van der Waals surface area contributed by atoms with Crippen LogP contribution in [0, 0.1) is 0 Å². The summed E-state index contributed by atoms with van der Waals surface area (Å²) in [5.74, 6) is 0.793. The van der Waals surface area contributed by atoms with Gasteiger partial charge in [-0.3, -0.25) is 5.10 Å². The molecule has 0 bridgehead atoms. The van der Waals surface area contributed by atoms with Crippen LogP contribution in [-0.4, -0.2) is 10.2 Å². The Morgan fingerprint density at radius 1 is 1.27 bits per heavy atom. The summed E-state index contributed by atoms with van der Waals surface area (Å²) in [6.45, 7) is 1.96. The Labute approximate surface area is 93.0 Å². The van der Waals surface area contributed by atoms with Gasteiger partial charge in [0.2, 0.25) is 0 Å². The first-order chi connectivity index (χ1) is 7.25. The lowest BCUT2D eigenvalue weighted by Crippen LogP contribution is -2.03. The highest BCUT2D eigenvalue weighted by Gasteiger charge is 2.07. The third-order valence-corrected chi connectivity index (χ3v) is 2.34. The maximum absolute atomic E-state index is 5.78. The van der Waals surface area contributed by atoms with Crippen LogP contribution >= 0.6 is 11.6 Å². The number of aromatic nitrogens is 2. The molecule has 0 aliphatic heterocycles. The standard InChI is InChI=1S/C11H11ClN2O/c1-8(11-6-7-13-14-11)15-10-4-2-9(12)3-5-10/h2-8H,1H3,(H,13,14)/t8-/m1/s1. The van der Waals surface area contributed by atoms with Crippen molar-refractivity contribution in [2.24, 2.45) is 0 Å². The molecule has 1 heterocycles. The largest absolute Gasteiger partial charge is 0.484 e. The Kier molecular flexibility index (Phi) is 2.92. The molecule has 15 heavy (non-hydrogen) atoms. The fourth-order valence-electron chi connectivity index (χ4n) is 1.27. The number of aromatic amines is 1. The fourth-order valence-corrected chi connectivity index (χ4v) is 1.40. The second kappa shape index (κ2) is 4.36. The van der Waals surface area contributed by atoms with Gasteiger partial charge in [-0.05, 0) is 37.3 Å². The average molecular weight is 223 g/mol. The Morgan fingerprint density at radius 2 is 2.00 bits per heavy atom. The number of benzene rings is 1. The van der Waals surface area contributed by atoms with Crippen molar-refractivity contribution in [3.63, 3.8) is 0 Å². The summed E-state index contributed by atoms with van der Waals surface area (Å²) in [4.78, 5) is 0. The first-order valence-corrected chi connectivity index (χ1v) is 5.05. The summed E-state index contributed by atoms with van der Waals surface area (Å²) in [5, 5.41) is 7.45. The number of H-pyrrole nitrogens is 1. The summed E-state index contributed by atoms with van der Waals surface area (Å²) >= 11 is 5.78. The molecule has 0 radical (unpaired) electrons. The normalized spacial score (nSPS) is 12.4. The Hall–Kier alpha value is -1.48. The molecule has 0 aliphatic carbocycles. The zero-order valence-electron chi connectivity index (χ0n) is 8.27. The second-order valence-corrected chi connectivity index (χ2v) is 3.66. The Bertz CT molecular complexity index is 411. The van der Waals surface area contributed by atoms with E-state index in [1.165, 1.54) is 0 Å². The summed E-state index contributed by atoms with van der Waals surface area (Å²) in [5.41, 5.74) is 0.949. The first kappa shape index (κ1) is 10.1. The van der Waals surface area contributed by atoms with Gasteiger partial charge in [0.05, 0.1) is 5.69 Å². The van der Waals surface area contributed by atoms with E-state index >= 15 is 0 Å². The van der Waals surface area contributed by atoms with Gasteiger partial charge in [0.15, 0.2) is 0 Å². The number of nitrogens with one attached hydrogen (secondary N) is 1. The van der Waals surface area contributed by atoms with Crippen LogP contribution < -0.4 is 4.74 Å². The van der Waals surface area contributed by atoms with Gasteiger partial charge >= 0.3 is 0 Å². The number of halogens is 1. The van der Waals surface area contributed by atoms with E-state index in [0.29, 0.717) is 5.02 Å². The van der Waals surface area contributed by atoms with Crippen LogP contribution in [0.25, 0.3) is 0 Å². The molecule has 0 aliphatic rings. The molecule has 78 valence electrons. The molecule has 4 heteroatoms. The van der Waals surface area contributed by atoms with Crippen LogP contribution in [0.4, 0.5) is 0 Å². The molecule has 0 fully saturated rings. The van der Waals surface area contributed by atoms with E-state index in [9.17, 15) is 0 Å². The van der Waals surface area contributed by atoms with Gasteiger partial charge in [0.1, 0.15) is 11.9 Å². The van der Waals surface area contributed by atoms with E-state index in [-0.39, 0.29) is 6.10 Å². The Morgan fingerprint density at radius 3 is 2.60 bits per heavy atom. The number of nitrogens with zero attached hydrogens (tertiary/aromatic N) is 1. The van der Waals surface area contributed by atoms with Gasteiger partial charge in [0, 0.05) is 11.2 Å². The number of ether oxygens (including phenoxy) is 1. The molecule has 0 unspecified atom stereocenters. The molecule has 1 N–H and O–H groups in total. The van der Waals surface area contributed by atoms with Crippen LogP contribution in [0.5, 0.6) is 5.75 Å². The van der Waals surface area contributed by atoms with Crippen LogP contribution in [-0.2, 0) is 0 Å². The maximum Gasteiger partial charge on any atom is 0.137 e. The minimum atomic E-state index is -0.0475. The molecular weight excluding hydrogens is 212 g/mol. The Balaban J connectivity index is 2.06. The number of rotatable bonds is 3. The molecule has 3 nitrogen and oxygen atoms in total. The van der Waals surface area contributed by atoms with E-state index in [4.69, 9.17) is 16.3 Å². The molecule has 1 aromatic carbocycles. The molecule has 1 atom stereocenters. The van der Waals surface area contributed by atoms with E-state index in [2.05, 4.69) is 10.2 Å². The molecule has 0 saturated carbocycles. The molecule has 0 amide bonds. The zero-order valence-corrected chi connectivity index (χ0v) is 9.03. The molecule has 0 spiro atoms. The quantitative estimate of drug-likeness (QED) is 0.866. The van der Waals surface area contributed by atoms with Crippen LogP contribution in [0.2, 0.25) is 5.02 Å². The van der Waals surface area contributed by atoms with Crippen molar-refractivity contribution in [3.8, 4) is 5.75 Å². The third kappa shape index (κ3) is 2.50. The highest BCUT2D eigenvalue weighted by atomic mass is 35.5. The van der Waals surface area contributed by atoms with Crippen LogP contribution in [0.1, 0.15) is 18.7 Å². The van der Waals surface area contributed by atoms with Crippen LogP contribution in [0.3, 0.4) is 0 Å². The predicted octanol–water partition coefficient (Wildman–Crippen LogP) is 3.20. The highest BCUT2D eigenvalue weighted by molar-refractivity contribution is 6.30. The number of hydrogen-bond donors (Lipinski definition) is 1. The van der Waals surface area contributed by atoms with Crippen molar-refractivity contribution in [3.05, 3.63) is 47.2 Å². The van der Waals surface area contributed by atoms with Gasteiger partial charge in [-0.15, -0.1) is 0 Å². The van der Waals surface area contributed by atoms with Gasteiger partial charge in [0.25, 0.3) is 0 Å². The summed E-state index contributed by atoms with van der Waals surface area (Å²) in [6, 6.07) is 9.18. The van der Waals surface area contributed by atoms with Gasteiger partial charge in [-0.25, -0.2) is 0 Å². The van der Waals surface area contributed by atoms with Crippen molar-refractivity contribution in [2.45, 2.75) is 13.0 Å². The fraction of sp³-hybridized carbons (Fsp3) is 0.182. The van der Waals surface area contributed by atoms with Crippen molar-refractivity contribution in [2.75, 3.05) is 0 Å². The van der Waals surface area contributed by atoms with Crippen molar-refractivity contribution in [1.82, 2.24) is 10.2 Å². The second-order valence-electron chi connectivity index (χ2n) is 3.23. The van der Waals surface area contributed by atoms with Crippen molar-refractivity contribution < 1.29 is 4.74 Å². The molecule has 2 aromatic rings. The average Bonchev–Trinajstić information content (AvgIpc) is 2.74. The minimum Gasteiger partial charge on any atom is -0.484 e. The summed E-state index contributed by atoms with van der Waals surface area (Å²) < 4.78 is 5.68. The lowest BCUT2D eigenvalue weighted by Gasteiger charge is -2.12. The van der Waals surface area contributed by atoms with Crippen molar-refractivity contribution >= 4 is 11.6 Å². The van der Waals surface area contributed by atoms with E-state index in [0.717, 1.165) is 11.4 Å². The first-order valence-electron chi connectivity index (χ1n) is 4.67. The lowest BCUT2D eigenvalue weighted by molar-refractivity contribution is 0.222. The van der Waals surface area contributed by atoms with Gasteiger partial charge < -0.3 is 4.74 Å². The van der Waals surface area contributed by atoms with Crippen molar-refractivity contribution in [1.29, 1.82) is 0 Å². The van der Waals surface area contributed by atoms with E-state index < -0.39 is 0 Å². The SMILES string of the molecule is C[C@@H](Oc1ccc(Cl)cc1)c1ccn[nH]1. The molecular formula is C11H11ClN2O. The molecule has 2 rings (SSSR count). The van der Waals surface area contributed by atoms with Gasteiger partial charge in [-0.1, -0.05) is 11.6 Å². The monoisotopic (exact) mass is 222 g/mol. The predicted molar refractivity (Wildman–Crippen MR) is 59.1 cm³/mol.